The van der Waals surface area contributed by atoms with Gasteiger partial charge in [-0.2, -0.15) is 4.31 Å². The molecule has 0 aromatic heterocycles. The number of carbonyl (C=O) groups is 1. The Labute approximate surface area is 211 Å². The third-order valence-electron chi connectivity index (χ3n) is 5.47. The number of nitrogens with zero attached hydrogens (tertiary/aromatic N) is 2. The van der Waals surface area contributed by atoms with Gasteiger partial charge in [0.1, 0.15) is 5.82 Å². The Bertz CT molecular complexity index is 1420. The van der Waals surface area contributed by atoms with E-state index in [-0.39, 0.29) is 28.4 Å². The number of hydrogen-bond donors (Lipinski definition) is 1. The maximum absolute atomic E-state index is 14.3. The fourth-order valence-electron chi connectivity index (χ4n) is 3.31. The van der Waals surface area contributed by atoms with Gasteiger partial charge in [-0.15, -0.1) is 0 Å². The highest BCUT2D eigenvalue weighted by Crippen LogP contribution is 2.20. The largest absolute Gasteiger partial charge is 0.351 e. The van der Waals surface area contributed by atoms with Gasteiger partial charge >= 0.3 is 0 Å². The van der Waals surface area contributed by atoms with Crippen LogP contribution in [0, 0.1) is 12.7 Å². The van der Waals surface area contributed by atoms with Crippen molar-refractivity contribution in [1.82, 2.24) is 13.9 Å². The number of sulfonamides is 2. The van der Waals surface area contributed by atoms with Crippen LogP contribution in [-0.2, 0) is 37.9 Å². The van der Waals surface area contributed by atoms with Gasteiger partial charge in [0.15, 0.2) is 0 Å². The first-order valence-corrected chi connectivity index (χ1v) is 13.9. The molecule has 8 nitrogen and oxygen atoms in total. The summed E-state index contributed by atoms with van der Waals surface area (Å²) >= 11 is 0. The van der Waals surface area contributed by atoms with Crippen LogP contribution in [0.5, 0.6) is 0 Å². The van der Waals surface area contributed by atoms with Gasteiger partial charge in [-0.25, -0.2) is 25.5 Å². The number of aryl methyl sites for hydroxylation is 1. The van der Waals surface area contributed by atoms with Crippen molar-refractivity contribution in [3.8, 4) is 0 Å². The highest BCUT2D eigenvalue weighted by Gasteiger charge is 2.27. The van der Waals surface area contributed by atoms with Gasteiger partial charge in [-0.3, -0.25) is 4.79 Å². The molecule has 0 fully saturated rings. The van der Waals surface area contributed by atoms with Crippen LogP contribution in [0.2, 0.25) is 0 Å². The molecule has 0 radical (unpaired) electrons. The number of amides is 1. The van der Waals surface area contributed by atoms with E-state index in [1.807, 2.05) is 6.92 Å². The van der Waals surface area contributed by atoms with Crippen molar-refractivity contribution in [3.63, 3.8) is 0 Å². The maximum atomic E-state index is 14.3. The number of halogens is 1. The average molecular weight is 534 g/mol. The number of nitrogens with one attached hydrogen (secondary N) is 1. The van der Waals surface area contributed by atoms with Crippen molar-refractivity contribution in [3.05, 3.63) is 95.3 Å². The summed E-state index contributed by atoms with van der Waals surface area (Å²) in [5, 5.41) is 2.64. The lowest BCUT2D eigenvalue weighted by Crippen LogP contribution is -2.40. The molecular formula is C25H28FN3O5S2. The van der Waals surface area contributed by atoms with Crippen molar-refractivity contribution >= 4 is 26.0 Å². The molecule has 0 atom stereocenters. The second-order valence-corrected chi connectivity index (χ2v) is 12.5. The highest BCUT2D eigenvalue weighted by molar-refractivity contribution is 7.89. The predicted octanol–water partition coefficient (Wildman–Crippen LogP) is 2.89. The molecule has 0 aliphatic heterocycles. The van der Waals surface area contributed by atoms with Crippen LogP contribution < -0.4 is 5.32 Å². The average Bonchev–Trinajstić information content (AvgIpc) is 2.84. The normalized spacial score (nSPS) is 12.2. The Balaban J connectivity index is 1.77. The van der Waals surface area contributed by atoms with Gasteiger partial charge in [-0.05, 0) is 42.8 Å². The fraction of sp³-hybridized carbons (Fsp3) is 0.240. The molecular weight excluding hydrogens is 505 g/mol. The summed E-state index contributed by atoms with van der Waals surface area (Å²) in [6.45, 7) is 1.02. The first kappa shape index (κ1) is 27.5. The van der Waals surface area contributed by atoms with Crippen molar-refractivity contribution in [2.75, 3.05) is 20.6 Å². The van der Waals surface area contributed by atoms with Crippen molar-refractivity contribution in [1.29, 1.82) is 0 Å². The van der Waals surface area contributed by atoms with E-state index in [2.05, 4.69) is 5.32 Å². The molecule has 0 spiro atoms. The topological polar surface area (TPSA) is 104 Å². The molecule has 0 aliphatic rings. The summed E-state index contributed by atoms with van der Waals surface area (Å²) in [6.07, 6.45) is 0. The molecule has 0 saturated heterocycles. The van der Waals surface area contributed by atoms with Crippen LogP contribution in [0.4, 0.5) is 4.39 Å². The van der Waals surface area contributed by atoms with Gasteiger partial charge < -0.3 is 5.32 Å². The smallest absolute Gasteiger partial charge is 0.243 e. The zero-order valence-electron chi connectivity index (χ0n) is 20.2. The van der Waals surface area contributed by atoms with E-state index in [1.165, 1.54) is 56.6 Å². The van der Waals surface area contributed by atoms with E-state index < -0.39 is 38.3 Å². The number of benzene rings is 3. The van der Waals surface area contributed by atoms with Gasteiger partial charge in [0.25, 0.3) is 0 Å². The molecule has 1 amide bonds. The summed E-state index contributed by atoms with van der Waals surface area (Å²) in [6, 6.07) is 18.0. The number of carbonyl (C=O) groups excluding carboxylic acids is 1. The van der Waals surface area contributed by atoms with Crippen LogP contribution in [0.25, 0.3) is 0 Å². The van der Waals surface area contributed by atoms with Crippen molar-refractivity contribution < 1.29 is 26.0 Å². The number of rotatable bonds is 10. The van der Waals surface area contributed by atoms with Crippen molar-refractivity contribution in [2.24, 2.45) is 0 Å². The van der Waals surface area contributed by atoms with Gasteiger partial charge in [0.2, 0.25) is 26.0 Å². The lowest BCUT2D eigenvalue weighted by Gasteiger charge is -2.22. The van der Waals surface area contributed by atoms with E-state index in [9.17, 15) is 26.0 Å². The molecule has 0 heterocycles. The second-order valence-electron chi connectivity index (χ2n) is 8.39. The van der Waals surface area contributed by atoms with E-state index >= 15 is 0 Å². The Kier molecular flexibility index (Phi) is 8.62. The van der Waals surface area contributed by atoms with Gasteiger partial charge in [-0.1, -0.05) is 48.0 Å². The van der Waals surface area contributed by atoms with Crippen LogP contribution >= 0.6 is 0 Å². The summed E-state index contributed by atoms with van der Waals surface area (Å²) < 4.78 is 67.4. The third-order valence-corrected chi connectivity index (χ3v) is 9.11. The minimum absolute atomic E-state index is 0.00469. The zero-order chi connectivity index (χ0) is 26.5. The molecule has 0 bridgehead atoms. The molecule has 192 valence electrons. The summed E-state index contributed by atoms with van der Waals surface area (Å²) in [5.74, 6) is -1.17. The Morgan fingerprint density at radius 2 is 1.39 bits per heavy atom. The summed E-state index contributed by atoms with van der Waals surface area (Å²) in [7, 11) is -4.82. The second kappa shape index (κ2) is 11.3. The molecule has 11 heteroatoms. The van der Waals surface area contributed by atoms with Crippen LogP contribution in [0.3, 0.4) is 0 Å². The molecule has 0 aliphatic carbocycles. The molecule has 36 heavy (non-hydrogen) atoms. The first-order valence-electron chi connectivity index (χ1n) is 11.0. The van der Waals surface area contributed by atoms with E-state index in [4.69, 9.17) is 0 Å². The van der Waals surface area contributed by atoms with E-state index in [0.29, 0.717) is 5.56 Å². The maximum Gasteiger partial charge on any atom is 0.243 e. The first-order chi connectivity index (χ1) is 16.9. The lowest BCUT2D eigenvalue weighted by atomic mass is 10.2. The third kappa shape index (κ3) is 6.55. The SMILES string of the molecule is Cc1ccc(S(=O)(=O)N(CC(=O)NCc2ccc(S(=O)(=O)N(C)C)cc2)Cc2ccccc2F)cc1. The summed E-state index contributed by atoms with van der Waals surface area (Å²) in [5.41, 5.74) is 1.64. The number of hydrogen-bond acceptors (Lipinski definition) is 5. The predicted molar refractivity (Wildman–Crippen MR) is 134 cm³/mol. The zero-order valence-corrected chi connectivity index (χ0v) is 21.8. The highest BCUT2D eigenvalue weighted by atomic mass is 32.2. The van der Waals surface area contributed by atoms with Crippen LogP contribution in [-0.4, -0.2) is 52.0 Å². The monoisotopic (exact) mass is 533 g/mol. The Hall–Kier alpha value is -3.12. The minimum Gasteiger partial charge on any atom is -0.351 e. The lowest BCUT2D eigenvalue weighted by molar-refractivity contribution is -0.121. The van der Waals surface area contributed by atoms with Crippen molar-refractivity contribution in [2.45, 2.75) is 29.8 Å². The molecule has 3 aromatic rings. The molecule has 0 unspecified atom stereocenters. The standard InChI is InChI=1S/C25H28FN3O5S2/c1-19-8-12-23(13-9-19)36(33,34)29(17-21-6-4-5-7-24(21)26)18-25(30)27-16-20-10-14-22(15-11-20)35(31,32)28(2)3/h4-15H,16-18H2,1-3H3,(H,27,30). The fourth-order valence-corrected chi connectivity index (χ4v) is 5.58. The van der Waals surface area contributed by atoms with E-state index in [1.54, 1.807) is 30.3 Å². The molecule has 3 rings (SSSR count). The van der Waals surface area contributed by atoms with Crippen LogP contribution in [0.15, 0.2) is 82.6 Å². The quantitative estimate of drug-likeness (QED) is 0.432. The van der Waals surface area contributed by atoms with Gasteiger partial charge in [0.05, 0.1) is 16.3 Å². The summed E-state index contributed by atoms with van der Waals surface area (Å²) in [4.78, 5) is 12.8. The Morgan fingerprint density at radius 3 is 1.97 bits per heavy atom. The minimum atomic E-state index is -4.11. The van der Waals surface area contributed by atoms with Crippen LogP contribution in [0.1, 0.15) is 16.7 Å². The van der Waals surface area contributed by atoms with Gasteiger partial charge in [0, 0.05) is 32.7 Å². The molecule has 1 N–H and O–H groups in total. The Morgan fingerprint density at radius 1 is 0.833 bits per heavy atom. The van der Waals surface area contributed by atoms with E-state index in [0.717, 1.165) is 14.2 Å². The molecule has 0 saturated carbocycles. The molecule has 3 aromatic carbocycles.